The molecule has 11 nitrogen and oxygen atoms in total. The van der Waals surface area contributed by atoms with Crippen LogP contribution in [0.3, 0.4) is 0 Å². The Morgan fingerprint density at radius 1 is 0.571 bits per heavy atom. The van der Waals surface area contributed by atoms with Gasteiger partial charge < -0.3 is 45.1 Å². The maximum Gasteiger partial charge on any atom is 0.306 e. The standard InChI is InChI=1S/C59H107NO10/c1-4-7-10-13-16-19-22-25-26-27-29-31-34-37-40-43-46-52(63)58(67)60-50(51(62)45-42-39-36-33-30-24-21-18-15-12-9-6-3)49-68-59-57(56(66)55(65)53(48-61)69-59)70-54(64)47-44-41-38-35-32-28-23-20-17-14-11-8-5-2/h8,11,14,17,20,23,42,45,50-53,55-57,59,61-63,65-66H,4-7,9-10,12-13,15-16,18-19,21-22,24-41,43-44,46-49H2,1-3H3,(H,60,67)/b11-8+,17-14+,23-20-,45-42+. The summed E-state index contributed by atoms with van der Waals surface area (Å²) in [6.07, 6.45) is 45.8. The molecule has 0 saturated carbocycles. The third-order valence-electron chi connectivity index (χ3n) is 13.6. The van der Waals surface area contributed by atoms with Crippen LogP contribution in [-0.4, -0.2) is 99.6 Å². The van der Waals surface area contributed by atoms with Crippen molar-refractivity contribution >= 4 is 11.9 Å². The molecular weight excluding hydrogens is 883 g/mol. The molecule has 1 fully saturated rings. The van der Waals surface area contributed by atoms with E-state index in [1.807, 2.05) is 24.3 Å². The van der Waals surface area contributed by atoms with E-state index in [9.17, 15) is 35.1 Å². The number of carbonyl (C=O) groups excluding carboxylic acids is 2. The number of ether oxygens (including phenoxy) is 3. The molecule has 1 saturated heterocycles. The van der Waals surface area contributed by atoms with Crippen LogP contribution >= 0.6 is 0 Å². The molecule has 8 atom stereocenters. The Hall–Kier alpha value is -2.38. The van der Waals surface area contributed by atoms with Crippen molar-refractivity contribution < 1.29 is 49.3 Å². The minimum Gasteiger partial charge on any atom is -0.454 e. The normalized spacial score (nSPS) is 20.0. The van der Waals surface area contributed by atoms with Crippen LogP contribution in [0.15, 0.2) is 48.6 Å². The average Bonchev–Trinajstić information content (AvgIpc) is 3.36. The summed E-state index contributed by atoms with van der Waals surface area (Å²) in [6, 6.07) is -1.02. The zero-order valence-electron chi connectivity index (χ0n) is 44.9. The Bertz CT molecular complexity index is 1320. The van der Waals surface area contributed by atoms with Crippen molar-refractivity contribution in [2.45, 2.75) is 301 Å². The van der Waals surface area contributed by atoms with E-state index in [1.54, 1.807) is 6.08 Å². The summed E-state index contributed by atoms with van der Waals surface area (Å²) in [5.41, 5.74) is 0. The highest BCUT2D eigenvalue weighted by Gasteiger charge is 2.47. The predicted molar refractivity (Wildman–Crippen MR) is 287 cm³/mol. The molecule has 0 bridgehead atoms. The fourth-order valence-electron chi connectivity index (χ4n) is 8.95. The summed E-state index contributed by atoms with van der Waals surface area (Å²) in [4.78, 5) is 26.4. The molecule has 1 aliphatic heterocycles. The van der Waals surface area contributed by atoms with E-state index in [0.717, 1.165) is 77.0 Å². The first-order valence-electron chi connectivity index (χ1n) is 28.9. The first-order chi connectivity index (χ1) is 34.2. The van der Waals surface area contributed by atoms with E-state index in [0.29, 0.717) is 19.3 Å². The maximum atomic E-state index is 13.4. The lowest BCUT2D eigenvalue weighted by molar-refractivity contribution is -0.305. The molecule has 8 unspecified atom stereocenters. The van der Waals surface area contributed by atoms with E-state index in [2.05, 4.69) is 44.3 Å². The molecule has 6 N–H and O–H groups in total. The second-order valence-electron chi connectivity index (χ2n) is 20.1. The molecule has 1 heterocycles. The van der Waals surface area contributed by atoms with Crippen molar-refractivity contribution in [1.82, 2.24) is 5.32 Å². The lowest BCUT2D eigenvalue weighted by Crippen LogP contribution is -2.61. The van der Waals surface area contributed by atoms with Gasteiger partial charge >= 0.3 is 5.97 Å². The van der Waals surface area contributed by atoms with Gasteiger partial charge in [0.2, 0.25) is 5.91 Å². The number of hydrogen-bond acceptors (Lipinski definition) is 10. The fraction of sp³-hybridized carbons (Fsp3) is 0.831. The Morgan fingerprint density at radius 3 is 1.53 bits per heavy atom. The molecule has 11 heteroatoms. The first kappa shape index (κ1) is 65.6. The van der Waals surface area contributed by atoms with E-state index in [1.165, 1.54) is 128 Å². The molecule has 408 valence electrons. The maximum absolute atomic E-state index is 13.4. The highest BCUT2D eigenvalue weighted by molar-refractivity contribution is 5.80. The molecule has 1 rings (SSSR count). The van der Waals surface area contributed by atoms with Gasteiger partial charge in [0.1, 0.15) is 24.4 Å². The SMILES string of the molecule is CC/C=C/C=C/C=C\CCCCCCCC(=O)OC1C(OCC(NC(=O)C(O)CCCCCCCCCCCCCCCCCC)C(O)/C=C/CCCCCCCCCCCC)OC(CO)C(O)C1O. The van der Waals surface area contributed by atoms with Crippen LogP contribution < -0.4 is 5.32 Å². The van der Waals surface area contributed by atoms with E-state index < -0.39 is 67.4 Å². The van der Waals surface area contributed by atoms with E-state index in [4.69, 9.17) is 14.2 Å². The molecule has 0 radical (unpaired) electrons. The lowest BCUT2D eigenvalue weighted by atomic mass is 9.99. The van der Waals surface area contributed by atoms with Gasteiger partial charge in [-0.15, -0.1) is 0 Å². The molecule has 1 aliphatic rings. The second kappa shape index (κ2) is 47.6. The van der Waals surface area contributed by atoms with Crippen LogP contribution in [-0.2, 0) is 23.8 Å². The Balaban J connectivity index is 2.73. The van der Waals surface area contributed by atoms with Crippen molar-refractivity contribution in [1.29, 1.82) is 0 Å². The number of allylic oxidation sites excluding steroid dienone is 7. The lowest BCUT2D eigenvalue weighted by Gasteiger charge is -2.41. The Morgan fingerprint density at radius 2 is 1.03 bits per heavy atom. The van der Waals surface area contributed by atoms with Crippen LogP contribution in [0.2, 0.25) is 0 Å². The summed E-state index contributed by atoms with van der Waals surface area (Å²) >= 11 is 0. The fourth-order valence-corrected chi connectivity index (χ4v) is 8.95. The molecule has 70 heavy (non-hydrogen) atoms. The van der Waals surface area contributed by atoms with Crippen molar-refractivity contribution in [3.05, 3.63) is 48.6 Å². The molecular formula is C59H107NO10. The Kier molecular flexibility index (Phi) is 44.6. The van der Waals surface area contributed by atoms with E-state index in [-0.39, 0.29) is 13.0 Å². The van der Waals surface area contributed by atoms with Crippen molar-refractivity contribution in [3.8, 4) is 0 Å². The number of aliphatic hydroxyl groups excluding tert-OH is 5. The van der Waals surface area contributed by atoms with Gasteiger partial charge in [-0.05, 0) is 44.9 Å². The van der Waals surface area contributed by atoms with Crippen molar-refractivity contribution in [2.75, 3.05) is 13.2 Å². The smallest absolute Gasteiger partial charge is 0.306 e. The highest BCUT2D eigenvalue weighted by atomic mass is 16.7. The van der Waals surface area contributed by atoms with Gasteiger partial charge in [-0.3, -0.25) is 9.59 Å². The summed E-state index contributed by atoms with van der Waals surface area (Å²) in [6.45, 7) is 5.64. The van der Waals surface area contributed by atoms with Crippen LogP contribution in [0.4, 0.5) is 0 Å². The number of unbranched alkanes of at least 4 members (excludes halogenated alkanes) is 30. The van der Waals surface area contributed by atoms with Gasteiger partial charge in [0.15, 0.2) is 12.4 Å². The second-order valence-corrected chi connectivity index (χ2v) is 20.1. The van der Waals surface area contributed by atoms with Gasteiger partial charge in [-0.2, -0.15) is 0 Å². The third-order valence-corrected chi connectivity index (χ3v) is 13.6. The predicted octanol–water partition coefficient (Wildman–Crippen LogP) is 12.9. The summed E-state index contributed by atoms with van der Waals surface area (Å²) in [7, 11) is 0. The molecule has 0 aliphatic carbocycles. The van der Waals surface area contributed by atoms with Crippen LogP contribution in [0, 0.1) is 0 Å². The van der Waals surface area contributed by atoms with E-state index >= 15 is 0 Å². The molecule has 1 amide bonds. The number of amides is 1. The number of aliphatic hydroxyl groups is 5. The quantitative estimate of drug-likeness (QED) is 0.0149. The number of rotatable bonds is 48. The molecule has 0 spiro atoms. The summed E-state index contributed by atoms with van der Waals surface area (Å²) in [5.74, 6) is -1.21. The Labute approximate surface area is 427 Å². The monoisotopic (exact) mass is 990 g/mol. The number of hydrogen-bond donors (Lipinski definition) is 6. The van der Waals surface area contributed by atoms with Crippen LogP contribution in [0.1, 0.15) is 252 Å². The summed E-state index contributed by atoms with van der Waals surface area (Å²) < 4.78 is 17.5. The third kappa shape index (κ3) is 35.7. The van der Waals surface area contributed by atoms with Gasteiger partial charge in [0.25, 0.3) is 0 Å². The van der Waals surface area contributed by atoms with Crippen molar-refractivity contribution in [2.24, 2.45) is 0 Å². The number of carbonyl (C=O) groups is 2. The van der Waals surface area contributed by atoms with Gasteiger partial charge in [-0.1, -0.05) is 249 Å². The first-order valence-corrected chi connectivity index (χ1v) is 28.9. The van der Waals surface area contributed by atoms with Crippen LogP contribution in [0.5, 0.6) is 0 Å². The average molecular weight is 991 g/mol. The van der Waals surface area contributed by atoms with Crippen molar-refractivity contribution in [3.63, 3.8) is 0 Å². The van der Waals surface area contributed by atoms with Crippen LogP contribution in [0.25, 0.3) is 0 Å². The zero-order valence-corrected chi connectivity index (χ0v) is 44.9. The molecule has 0 aromatic carbocycles. The van der Waals surface area contributed by atoms with Gasteiger partial charge in [0, 0.05) is 6.42 Å². The molecule has 0 aromatic heterocycles. The minimum atomic E-state index is -1.62. The van der Waals surface area contributed by atoms with Gasteiger partial charge in [-0.25, -0.2) is 0 Å². The highest BCUT2D eigenvalue weighted by Crippen LogP contribution is 2.26. The molecule has 0 aromatic rings. The minimum absolute atomic E-state index is 0.101. The zero-order chi connectivity index (χ0) is 51.1. The number of esters is 1. The number of nitrogens with one attached hydrogen (secondary N) is 1. The largest absolute Gasteiger partial charge is 0.454 e. The summed E-state index contributed by atoms with van der Waals surface area (Å²) in [5, 5.41) is 56.8. The van der Waals surface area contributed by atoms with Gasteiger partial charge in [0.05, 0.1) is 25.4 Å². The topological polar surface area (TPSA) is 175 Å².